The Morgan fingerprint density at radius 3 is 3.09 bits per heavy atom. The Labute approximate surface area is 134 Å². The second-order valence-electron chi connectivity index (χ2n) is 5.77. The van der Waals surface area contributed by atoms with Gasteiger partial charge < -0.3 is 9.73 Å². The van der Waals surface area contributed by atoms with E-state index in [-0.39, 0.29) is 11.9 Å². The third kappa shape index (κ3) is 3.56. The minimum atomic E-state index is -0.152. The quantitative estimate of drug-likeness (QED) is 0.941. The molecule has 0 radical (unpaired) electrons. The second-order valence-corrected chi connectivity index (χ2v) is 6.81. The van der Waals surface area contributed by atoms with Crippen molar-refractivity contribution in [2.24, 2.45) is 0 Å². The lowest BCUT2D eigenvalue weighted by atomic mass is 10.1. The molecule has 1 unspecified atom stereocenters. The van der Waals surface area contributed by atoms with E-state index in [0.717, 1.165) is 32.5 Å². The molecule has 2 aromatic rings. The number of nitrogens with zero attached hydrogens (tertiary/aromatic N) is 2. The zero-order valence-electron chi connectivity index (χ0n) is 13.0. The van der Waals surface area contributed by atoms with Crippen LogP contribution in [0.25, 0.3) is 0 Å². The zero-order valence-corrected chi connectivity index (χ0v) is 13.8. The largest absolute Gasteiger partial charge is 0.436 e. The molecule has 0 bridgehead atoms. The molecule has 1 fully saturated rings. The number of amides is 1. The molecule has 1 aliphatic heterocycles. The summed E-state index contributed by atoms with van der Waals surface area (Å²) in [6.45, 7) is 6.49. The average Bonchev–Trinajstić information content (AvgIpc) is 3.09. The number of hydrogen-bond acceptors (Lipinski definition) is 5. The molecule has 1 N–H and O–H groups in total. The lowest BCUT2D eigenvalue weighted by Gasteiger charge is -2.32. The van der Waals surface area contributed by atoms with Crippen LogP contribution in [0, 0.1) is 13.8 Å². The Morgan fingerprint density at radius 2 is 2.41 bits per heavy atom. The molecule has 0 spiro atoms. The molecule has 0 aromatic carbocycles. The highest BCUT2D eigenvalue weighted by Crippen LogP contribution is 2.17. The van der Waals surface area contributed by atoms with Crippen molar-refractivity contribution in [1.29, 1.82) is 0 Å². The van der Waals surface area contributed by atoms with E-state index < -0.39 is 0 Å². The van der Waals surface area contributed by atoms with Gasteiger partial charge in [0.2, 0.25) is 5.76 Å². The summed E-state index contributed by atoms with van der Waals surface area (Å²) in [5.41, 5.74) is 0.654. The highest BCUT2D eigenvalue weighted by atomic mass is 32.1. The molecule has 22 heavy (non-hydrogen) atoms. The number of nitrogens with one attached hydrogen (secondary N) is 1. The van der Waals surface area contributed by atoms with Crippen LogP contribution in [0.3, 0.4) is 0 Å². The molecular weight excluding hydrogens is 298 g/mol. The van der Waals surface area contributed by atoms with Gasteiger partial charge in [0.15, 0.2) is 5.89 Å². The summed E-state index contributed by atoms with van der Waals surface area (Å²) >= 11 is 1.78. The summed E-state index contributed by atoms with van der Waals surface area (Å²) < 4.78 is 5.39. The van der Waals surface area contributed by atoms with Gasteiger partial charge in [-0.15, -0.1) is 11.3 Å². The molecule has 3 heterocycles. The topological polar surface area (TPSA) is 58.4 Å². The molecule has 5 nitrogen and oxygen atoms in total. The van der Waals surface area contributed by atoms with Crippen LogP contribution in [-0.2, 0) is 6.54 Å². The number of oxazole rings is 1. The molecule has 1 amide bonds. The van der Waals surface area contributed by atoms with E-state index in [1.54, 1.807) is 25.2 Å². The SMILES string of the molecule is Cc1nc(C)c(C(=O)NC2CCCN(Cc3cccs3)C2)o1. The van der Waals surface area contributed by atoms with E-state index in [1.807, 2.05) is 0 Å². The number of rotatable bonds is 4. The summed E-state index contributed by atoms with van der Waals surface area (Å²) in [5.74, 6) is 0.722. The second kappa shape index (κ2) is 6.62. The van der Waals surface area contributed by atoms with E-state index >= 15 is 0 Å². The first-order chi connectivity index (χ1) is 10.6. The Bertz CT molecular complexity index is 636. The van der Waals surface area contributed by atoms with E-state index in [9.17, 15) is 4.79 Å². The molecule has 2 aromatic heterocycles. The van der Waals surface area contributed by atoms with Crippen LogP contribution in [0.15, 0.2) is 21.9 Å². The molecule has 6 heteroatoms. The predicted molar refractivity (Wildman–Crippen MR) is 86.1 cm³/mol. The predicted octanol–water partition coefficient (Wildman–Crippen LogP) is 2.75. The van der Waals surface area contributed by atoms with Crippen LogP contribution in [0.4, 0.5) is 0 Å². The minimum Gasteiger partial charge on any atom is -0.436 e. The van der Waals surface area contributed by atoms with Gasteiger partial charge >= 0.3 is 0 Å². The molecule has 1 saturated heterocycles. The van der Waals surface area contributed by atoms with Crippen LogP contribution in [0.5, 0.6) is 0 Å². The smallest absolute Gasteiger partial charge is 0.289 e. The molecule has 118 valence electrons. The first kappa shape index (κ1) is 15.2. The third-order valence-electron chi connectivity index (χ3n) is 3.91. The third-order valence-corrected chi connectivity index (χ3v) is 4.77. The van der Waals surface area contributed by atoms with Crippen molar-refractivity contribution >= 4 is 17.2 Å². The van der Waals surface area contributed by atoms with E-state index in [4.69, 9.17) is 4.42 Å². The molecule has 0 saturated carbocycles. The van der Waals surface area contributed by atoms with Gasteiger partial charge in [0.05, 0.1) is 5.69 Å². The fourth-order valence-corrected chi connectivity index (χ4v) is 3.68. The fourth-order valence-electron chi connectivity index (χ4n) is 2.93. The first-order valence-electron chi connectivity index (χ1n) is 7.61. The summed E-state index contributed by atoms with van der Waals surface area (Å²) in [7, 11) is 0. The Kier molecular flexibility index (Phi) is 4.59. The monoisotopic (exact) mass is 319 g/mol. The molecule has 1 atom stereocenters. The maximum absolute atomic E-state index is 12.3. The Hall–Kier alpha value is -1.66. The zero-order chi connectivity index (χ0) is 15.5. The van der Waals surface area contributed by atoms with Crippen molar-refractivity contribution in [1.82, 2.24) is 15.2 Å². The number of aryl methyl sites for hydroxylation is 2. The van der Waals surface area contributed by atoms with Crippen molar-refractivity contribution in [2.75, 3.05) is 13.1 Å². The van der Waals surface area contributed by atoms with Gasteiger partial charge in [-0.2, -0.15) is 0 Å². The number of piperidine rings is 1. The van der Waals surface area contributed by atoms with Crippen molar-refractivity contribution in [2.45, 2.75) is 39.3 Å². The number of likely N-dealkylation sites (tertiary alicyclic amines) is 1. The lowest BCUT2D eigenvalue weighted by molar-refractivity contribution is 0.0871. The standard InChI is InChI=1S/C16H21N3O2S/c1-11-15(21-12(2)17-11)16(20)18-13-5-3-7-19(9-13)10-14-6-4-8-22-14/h4,6,8,13H,3,5,7,9-10H2,1-2H3,(H,18,20). The van der Waals surface area contributed by atoms with Gasteiger partial charge in [-0.3, -0.25) is 9.69 Å². The summed E-state index contributed by atoms with van der Waals surface area (Å²) in [6, 6.07) is 4.41. The molecule has 3 rings (SSSR count). The fraction of sp³-hybridized carbons (Fsp3) is 0.500. The number of thiophene rings is 1. The van der Waals surface area contributed by atoms with Gasteiger partial charge in [-0.25, -0.2) is 4.98 Å². The number of hydrogen-bond donors (Lipinski definition) is 1. The minimum absolute atomic E-state index is 0.152. The average molecular weight is 319 g/mol. The van der Waals surface area contributed by atoms with Crippen LogP contribution in [0.2, 0.25) is 0 Å². The van der Waals surface area contributed by atoms with E-state index in [2.05, 4.69) is 32.7 Å². The van der Waals surface area contributed by atoms with E-state index in [0.29, 0.717) is 17.3 Å². The molecular formula is C16H21N3O2S. The highest BCUT2D eigenvalue weighted by molar-refractivity contribution is 7.09. The normalized spacial score (nSPS) is 19.3. The molecule has 0 aliphatic carbocycles. The van der Waals surface area contributed by atoms with Crippen LogP contribution in [0.1, 0.15) is 39.9 Å². The highest BCUT2D eigenvalue weighted by Gasteiger charge is 2.24. The van der Waals surface area contributed by atoms with Crippen LogP contribution in [-0.4, -0.2) is 34.9 Å². The van der Waals surface area contributed by atoms with Crippen molar-refractivity contribution in [3.8, 4) is 0 Å². The summed E-state index contributed by atoms with van der Waals surface area (Å²) in [5, 5.41) is 5.19. The van der Waals surface area contributed by atoms with Crippen molar-refractivity contribution < 1.29 is 9.21 Å². The van der Waals surface area contributed by atoms with Gasteiger partial charge in [0.1, 0.15) is 0 Å². The first-order valence-corrected chi connectivity index (χ1v) is 8.49. The van der Waals surface area contributed by atoms with Gasteiger partial charge in [-0.05, 0) is 37.8 Å². The van der Waals surface area contributed by atoms with Gasteiger partial charge in [0, 0.05) is 30.9 Å². The number of carbonyl (C=O) groups excluding carboxylic acids is 1. The Morgan fingerprint density at radius 1 is 1.55 bits per heavy atom. The van der Waals surface area contributed by atoms with Crippen LogP contribution < -0.4 is 5.32 Å². The van der Waals surface area contributed by atoms with E-state index in [1.165, 1.54) is 4.88 Å². The van der Waals surface area contributed by atoms with Crippen LogP contribution >= 0.6 is 11.3 Å². The van der Waals surface area contributed by atoms with Crippen molar-refractivity contribution in [3.63, 3.8) is 0 Å². The Balaban J connectivity index is 1.58. The van der Waals surface area contributed by atoms with Gasteiger partial charge in [0.25, 0.3) is 5.91 Å². The maximum Gasteiger partial charge on any atom is 0.289 e. The summed E-state index contributed by atoms with van der Waals surface area (Å²) in [6.07, 6.45) is 2.11. The summed E-state index contributed by atoms with van der Waals surface area (Å²) in [4.78, 5) is 20.2. The van der Waals surface area contributed by atoms with Crippen molar-refractivity contribution in [3.05, 3.63) is 39.7 Å². The number of carbonyl (C=O) groups is 1. The van der Waals surface area contributed by atoms with Gasteiger partial charge in [-0.1, -0.05) is 6.07 Å². The number of aromatic nitrogens is 1. The molecule has 1 aliphatic rings. The maximum atomic E-state index is 12.3. The lowest BCUT2D eigenvalue weighted by Crippen LogP contribution is -2.47.